The molecule has 1 heterocycles. The van der Waals surface area contributed by atoms with Gasteiger partial charge >= 0.3 is 0 Å². The number of thioether (sulfide) groups is 1. The van der Waals surface area contributed by atoms with Gasteiger partial charge in [0.25, 0.3) is 0 Å². The Morgan fingerprint density at radius 2 is 1.79 bits per heavy atom. The minimum Gasteiger partial charge on any atom is -0.325 e. The first kappa shape index (κ1) is 19.7. The quantitative estimate of drug-likeness (QED) is 0.572. The topological polar surface area (TPSA) is 59.8 Å². The predicted molar refractivity (Wildman–Crippen MR) is 118 cm³/mol. The summed E-state index contributed by atoms with van der Waals surface area (Å²) in [4.78, 5) is 17.6. The van der Waals surface area contributed by atoms with E-state index in [-0.39, 0.29) is 11.2 Å². The molecule has 1 fully saturated rings. The van der Waals surface area contributed by atoms with Crippen LogP contribution in [0.3, 0.4) is 0 Å². The van der Waals surface area contributed by atoms with Gasteiger partial charge in [0.15, 0.2) is 0 Å². The molecule has 1 aliphatic rings. The summed E-state index contributed by atoms with van der Waals surface area (Å²) in [6.07, 6.45) is 2.30. The van der Waals surface area contributed by atoms with E-state index in [1.54, 1.807) is 0 Å². The van der Waals surface area contributed by atoms with E-state index in [2.05, 4.69) is 24.4 Å². The molecule has 1 aliphatic carbocycles. The van der Waals surface area contributed by atoms with Crippen LogP contribution < -0.4 is 5.32 Å². The average Bonchev–Trinajstić information content (AvgIpc) is 3.45. The second-order valence-corrected chi connectivity index (χ2v) is 9.11. The molecule has 1 amide bonds. The summed E-state index contributed by atoms with van der Waals surface area (Å²) in [6, 6.07) is 14.2. The number of para-hydroxylation sites is 1. The molecule has 0 aliphatic heterocycles. The van der Waals surface area contributed by atoms with Crippen molar-refractivity contribution in [3.63, 3.8) is 0 Å². The molecule has 0 saturated heterocycles. The number of anilines is 1. The number of carbonyl (C=O) groups excluding carboxylic acids is 1. The molecule has 0 spiro atoms. The zero-order chi connectivity index (χ0) is 20.5. The first-order chi connectivity index (χ1) is 13.9. The third kappa shape index (κ3) is 4.37. The van der Waals surface area contributed by atoms with Crippen molar-refractivity contribution in [2.75, 3.05) is 5.32 Å². The Labute approximate surface area is 175 Å². The largest absolute Gasteiger partial charge is 0.325 e. The summed E-state index contributed by atoms with van der Waals surface area (Å²) >= 11 is 1.41. The summed E-state index contributed by atoms with van der Waals surface area (Å²) in [5.74, 6) is 1.43. The van der Waals surface area contributed by atoms with Gasteiger partial charge < -0.3 is 5.32 Å². The fraction of sp³-hybridized carbons (Fsp3) is 0.348. The number of aromatic nitrogens is 3. The van der Waals surface area contributed by atoms with Crippen LogP contribution in [0.4, 0.5) is 5.69 Å². The monoisotopic (exact) mass is 406 g/mol. The maximum atomic E-state index is 12.8. The highest BCUT2D eigenvalue weighted by atomic mass is 32.2. The van der Waals surface area contributed by atoms with E-state index in [0.717, 1.165) is 41.2 Å². The predicted octanol–water partition coefficient (Wildman–Crippen LogP) is 5.19. The minimum atomic E-state index is -0.297. The SMILES string of the molecule is Cc1cc(C)c(NC(=O)[C@H](C)Sc2nc(C3CC3)n(-c3ccccc3)n2)c(C)c1. The van der Waals surface area contributed by atoms with Gasteiger partial charge in [0, 0.05) is 11.6 Å². The number of benzene rings is 2. The minimum absolute atomic E-state index is 0.0333. The van der Waals surface area contributed by atoms with Crippen molar-refractivity contribution in [1.82, 2.24) is 14.8 Å². The number of hydrogen-bond donors (Lipinski definition) is 1. The van der Waals surface area contributed by atoms with Crippen LogP contribution >= 0.6 is 11.8 Å². The average molecular weight is 407 g/mol. The lowest BCUT2D eigenvalue weighted by Gasteiger charge is -2.15. The first-order valence-electron chi connectivity index (χ1n) is 10.00. The summed E-state index contributed by atoms with van der Waals surface area (Å²) < 4.78 is 1.93. The Morgan fingerprint density at radius 1 is 1.14 bits per heavy atom. The number of nitrogens with one attached hydrogen (secondary N) is 1. The summed E-state index contributed by atoms with van der Waals surface area (Å²) in [5.41, 5.74) is 5.26. The number of aryl methyl sites for hydroxylation is 3. The lowest BCUT2D eigenvalue weighted by Crippen LogP contribution is -2.23. The van der Waals surface area contributed by atoms with Crippen LogP contribution in [0.2, 0.25) is 0 Å². The Bertz CT molecular complexity index is 1020. The van der Waals surface area contributed by atoms with Crippen LogP contribution in [-0.4, -0.2) is 25.9 Å². The van der Waals surface area contributed by atoms with Gasteiger partial charge in [-0.2, -0.15) is 0 Å². The van der Waals surface area contributed by atoms with Gasteiger partial charge in [0.1, 0.15) is 5.82 Å². The van der Waals surface area contributed by atoms with Gasteiger partial charge in [0.05, 0.1) is 10.9 Å². The molecule has 0 radical (unpaired) electrons. The van der Waals surface area contributed by atoms with Gasteiger partial charge in [-0.05, 0) is 63.8 Å². The van der Waals surface area contributed by atoms with Gasteiger partial charge in [-0.3, -0.25) is 4.79 Å². The molecular formula is C23H26N4OS. The van der Waals surface area contributed by atoms with E-state index in [0.29, 0.717) is 11.1 Å². The molecule has 1 atom stereocenters. The summed E-state index contributed by atoms with van der Waals surface area (Å²) in [5, 5.41) is 8.15. The van der Waals surface area contributed by atoms with Crippen molar-refractivity contribution in [3.8, 4) is 5.69 Å². The Balaban J connectivity index is 1.51. The molecular weight excluding hydrogens is 380 g/mol. The normalized spacial score (nSPS) is 14.6. The number of nitrogens with zero attached hydrogens (tertiary/aromatic N) is 3. The van der Waals surface area contributed by atoms with E-state index in [9.17, 15) is 4.79 Å². The van der Waals surface area contributed by atoms with Gasteiger partial charge in [-0.15, -0.1) is 5.10 Å². The maximum Gasteiger partial charge on any atom is 0.237 e. The fourth-order valence-electron chi connectivity index (χ4n) is 3.53. The highest BCUT2D eigenvalue weighted by Crippen LogP contribution is 2.40. The maximum absolute atomic E-state index is 12.8. The van der Waals surface area contributed by atoms with E-state index < -0.39 is 0 Å². The van der Waals surface area contributed by atoms with E-state index >= 15 is 0 Å². The van der Waals surface area contributed by atoms with Crippen molar-refractivity contribution in [3.05, 3.63) is 65.0 Å². The third-order valence-electron chi connectivity index (χ3n) is 5.13. The van der Waals surface area contributed by atoms with Crippen molar-refractivity contribution < 1.29 is 4.79 Å². The summed E-state index contributed by atoms with van der Waals surface area (Å²) in [6.45, 7) is 8.02. The second-order valence-electron chi connectivity index (χ2n) is 7.80. The van der Waals surface area contributed by atoms with Crippen LogP contribution in [0.25, 0.3) is 5.69 Å². The highest BCUT2D eigenvalue weighted by molar-refractivity contribution is 8.00. The second kappa shape index (κ2) is 8.03. The van der Waals surface area contributed by atoms with Crippen LogP contribution in [0.5, 0.6) is 0 Å². The molecule has 6 heteroatoms. The van der Waals surface area contributed by atoms with Crippen molar-refractivity contribution in [1.29, 1.82) is 0 Å². The molecule has 3 aromatic rings. The Morgan fingerprint density at radius 3 is 2.41 bits per heavy atom. The molecule has 1 saturated carbocycles. The first-order valence-corrected chi connectivity index (χ1v) is 10.9. The number of carbonyl (C=O) groups is 1. The van der Waals surface area contributed by atoms with Gasteiger partial charge in [-0.25, -0.2) is 9.67 Å². The van der Waals surface area contributed by atoms with Crippen LogP contribution in [0, 0.1) is 20.8 Å². The molecule has 29 heavy (non-hydrogen) atoms. The highest BCUT2D eigenvalue weighted by Gasteiger charge is 2.31. The van der Waals surface area contributed by atoms with E-state index in [4.69, 9.17) is 10.1 Å². The van der Waals surface area contributed by atoms with Crippen molar-refractivity contribution in [2.24, 2.45) is 0 Å². The third-order valence-corrected chi connectivity index (χ3v) is 6.08. The molecule has 0 bridgehead atoms. The van der Waals surface area contributed by atoms with E-state index in [1.807, 2.05) is 55.8 Å². The van der Waals surface area contributed by atoms with Crippen molar-refractivity contribution >= 4 is 23.4 Å². The number of hydrogen-bond acceptors (Lipinski definition) is 4. The molecule has 4 rings (SSSR count). The molecule has 150 valence electrons. The molecule has 5 nitrogen and oxygen atoms in total. The van der Waals surface area contributed by atoms with Crippen LogP contribution in [-0.2, 0) is 4.79 Å². The lowest BCUT2D eigenvalue weighted by molar-refractivity contribution is -0.115. The smallest absolute Gasteiger partial charge is 0.237 e. The molecule has 2 aromatic carbocycles. The zero-order valence-electron chi connectivity index (χ0n) is 17.3. The van der Waals surface area contributed by atoms with Gasteiger partial charge in [-0.1, -0.05) is 47.7 Å². The Kier molecular flexibility index (Phi) is 5.46. The molecule has 1 N–H and O–H groups in total. The Hall–Kier alpha value is -2.60. The zero-order valence-corrected chi connectivity index (χ0v) is 18.1. The van der Waals surface area contributed by atoms with E-state index in [1.165, 1.54) is 17.3 Å². The van der Waals surface area contributed by atoms with Crippen LogP contribution in [0.1, 0.15) is 48.2 Å². The summed E-state index contributed by atoms with van der Waals surface area (Å²) in [7, 11) is 0. The van der Waals surface area contributed by atoms with Gasteiger partial charge in [0.2, 0.25) is 11.1 Å². The van der Waals surface area contributed by atoms with Crippen molar-refractivity contribution in [2.45, 2.75) is 56.9 Å². The standard InChI is InChI=1S/C23H26N4OS/c1-14-12-15(2)20(16(3)13-14)24-22(28)17(4)29-23-25-21(18-10-11-18)27(26-23)19-8-6-5-7-9-19/h5-9,12-13,17-18H,10-11H2,1-4H3,(H,24,28)/t17-/m0/s1. The lowest BCUT2D eigenvalue weighted by atomic mass is 10.1. The molecule has 0 unspecified atom stereocenters. The van der Waals surface area contributed by atoms with Crippen LogP contribution in [0.15, 0.2) is 47.6 Å². The fourth-order valence-corrected chi connectivity index (χ4v) is 4.29. The molecule has 1 aromatic heterocycles. The number of rotatable bonds is 6. The number of amides is 1.